The number of methoxy groups -OCH3 is 1. The van der Waals surface area contributed by atoms with Crippen molar-refractivity contribution in [2.45, 2.75) is 33.8 Å². The summed E-state index contributed by atoms with van der Waals surface area (Å²) >= 11 is 0. The number of hydrogen-bond acceptors (Lipinski definition) is 5. The topological polar surface area (TPSA) is 64.3 Å². The van der Waals surface area contributed by atoms with Crippen LogP contribution in [0.3, 0.4) is 0 Å². The fraction of sp³-hybridized carbons (Fsp3) is 0.261. The van der Waals surface area contributed by atoms with Crippen molar-refractivity contribution in [3.63, 3.8) is 0 Å². The zero-order chi connectivity index (χ0) is 20.8. The molecule has 1 heterocycles. The second kappa shape index (κ2) is 9.30. The first-order valence-electron chi connectivity index (χ1n) is 9.62. The van der Waals surface area contributed by atoms with Crippen molar-refractivity contribution in [3.05, 3.63) is 82.9 Å². The van der Waals surface area contributed by atoms with Crippen molar-refractivity contribution in [1.82, 2.24) is 15.0 Å². The number of benzene rings is 2. The van der Waals surface area contributed by atoms with Gasteiger partial charge >= 0.3 is 0 Å². The number of ether oxygens (including phenoxy) is 1. The summed E-state index contributed by atoms with van der Waals surface area (Å²) in [4.78, 5) is 4.46. The van der Waals surface area contributed by atoms with E-state index in [9.17, 15) is 0 Å². The molecule has 0 unspecified atom stereocenters. The molecule has 29 heavy (non-hydrogen) atoms. The fourth-order valence-corrected chi connectivity index (χ4v) is 3.10. The summed E-state index contributed by atoms with van der Waals surface area (Å²) < 4.78 is 7.07. The summed E-state index contributed by atoms with van der Waals surface area (Å²) in [6.45, 7) is 10.8. The lowest BCUT2D eigenvalue weighted by Crippen LogP contribution is -2.03. The lowest BCUT2D eigenvalue weighted by atomic mass is 10.1. The second-order valence-electron chi connectivity index (χ2n) is 6.94. The first-order chi connectivity index (χ1) is 14.0. The number of rotatable bonds is 8. The van der Waals surface area contributed by atoms with Gasteiger partial charge < -0.3 is 10.1 Å². The van der Waals surface area contributed by atoms with Crippen LogP contribution in [0.1, 0.15) is 35.0 Å². The molecule has 0 aliphatic rings. The lowest BCUT2D eigenvalue weighted by molar-refractivity contribution is 0.185. The Kier molecular flexibility index (Phi) is 6.57. The maximum atomic E-state index is 5.21. The Bertz CT molecular complexity index is 1040. The van der Waals surface area contributed by atoms with Crippen molar-refractivity contribution in [2.24, 2.45) is 4.99 Å². The molecule has 0 amide bonds. The molecule has 0 aliphatic carbocycles. The molecule has 0 fully saturated rings. The summed E-state index contributed by atoms with van der Waals surface area (Å²) in [6, 6.07) is 14.3. The summed E-state index contributed by atoms with van der Waals surface area (Å²) in [5, 5.41) is 11.9. The molecule has 0 spiro atoms. The fourth-order valence-electron chi connectivity index (χ4n) is 3.10. The number of hydrogen-bond donors (Lipinski definition) is 1. The second-order valence-corrected chi connectivity index (χ2v) is 6.94. The van der Waals surface area contributed by atoms with Crippen LogP contribution in [-0.2, 0) is 17.8 Å². The van der Waals surface area contributed by atoms with E-state index < -0.39 is 0 Å². The summed E-state index contributed by atoms with van der Waals surface area (Å²) in [6.07, 6.45) is 2.50. The van der Waals surface area contributed by atoms with E-state index in [0.717, 1.165) is 40.3 Å². The van der Waals surface area contributed by atoms with E-state index in [1.165, 1.54) is 5.56 Å². The molecule has 0 saturated carbocycles. The molecule has 150 valence electrons. The van der Waals surface area contributed by atoms with Gasteiger partial charge in [0.15, 0.2) is 0 Å². The Labute approximate surface area is 171 Å². The number of nitrogens with zero attached hydrogens (tertiary/aromatic N) is 4. The molecule has 0 aliphatic heterocycles. The van der Waals surface area contributed by atoms with E-state index in [2.05, 4.69) is 59.2 Å². The third-order valence-corrected chi connectivity index (χ3v) is 4.61. The molecule has 0 radical (unpaired) electrons. The molecule has 0 saturated heterocycles. The van der Waals surface area contributed by atoms with E-state index in [1.807, 2.05) is 35.9 Å². The molecular weight excluding hydrogens is 362 g/mol. The monoisotopic (exact) mass is 389 g/mol. The molecule has 0 atom stereocenters. The van der Waals surface area contributed by atoms with Crippen LogP contribution >= 0.6 is 0 Å². The Hall–Kier alpha value is -3.25. The molecular formula is C23H27N5O. The first-order valence-corrected chi connectivity index (χ1v) is 9.62. The number of nitrogens with one attached hydrogen (secondary N) is 1. The van der Waals surface area contributed by atoms with Crippen LogP contribution in [0, 0.1) is 13.8 Å². The minimum absolute atomic E-state index is 0.537. The summed E-state index contributed by atoms with van der Waals surface area (Å²) in [7, 11) is 1.69. The third kappa shape index (κ3) is 4.97. The van der Waals surface area contributed by atoms with Crippen LogP contribution in [-0.4, -0.2) is 28.3 Å². The Balaban J connectivity index is 1.78. The van der Waals surface area contributed by atoms with Crippen molar-refractivity contribution in [3.8, 4) is 5.69 Å². The Morgan fingerprint density at radius 1 is 1.24 bits per heavy atom. The van der Waals surface area contributed by atoms with Gasteiger partial charge in [-0.1, -0.05) is 43.0 Å². The Morgan fingerprint density at radius 3 is 2.79 bits per heavy atom. The summed E-state index contributed by atoms with van der Waals surface area (Å²) in [5.41, 5.74) is 7.08. The third-order valence-electron chi connectivity index (χ3n) is 4.61. The smallest absolute Gasteiger partial charge is 0.127 e. The van der Waals surface area contributed by atoms with Gasteiger partial charge in [-0.3, -0.25) is 0 Å². The molecule has 3 aromatic rings. The highest BCUT2D eigenvalue weighted by atomic mass is 16.5. The minimum Gasteiger partial charge on any atom is -0.380 e. The van der Waals surface area contributed by atoms with Crippen LogP contribution in [0.4, 0.5) is 5.69 Å². The predicted molar refractivity (Wildman–Crippen MR) is 118 cm³/mol. The lowest BCUT2D eigenvalue weighted by Gasteiger charge is -2.11. The van der Waals surface area contributed by atoms with Gasteiger partial charge in [0.2, 0.25) is 0 Å². The van der Waals surface area contributed by atoms with Gasteiger partial charge in [0.1, 0.15) is 11.5 Å². The molecule has 3 rings (SSSR count). The van der Waals surface area contributed by atoms with Crippen molar-refractivity contribution in [1.29, 1.82) is 0 Å². The van der Waals surface area contributed by atoms with Gasteiger partial charge in [-0.05, 0) is 55.2 Å². The molecule has 2 aromatic carbocycles. The SMILES string of the molecule is C=C(/N=C\c1nnn(-c2cccc(C)c2)c1CC)Nc1cc(COC)ccc1C. The number of aliphatic imine (C=N–C) groups is 1. The largest absolute Gasteiger partial charge is 0.380 e. The van der Waals surface area contributed by atoms with E-state index in [-0.39, 0.29) is 0 Å². The standard InChI is InChI=1S/C23H27N5O/c1-6-23-22(26-27-28(23)20-9-7-8-16(2)12-20)14-24-18(4)25-21-13-19(15-29-5)11-10-17(21)3/h7-14,25H,4,6,15H2,1-3,5H3/b24-14-. The van der Waals surface area contributed by atoms with Gasteiger partial charge in [0.25, 0.3) is 0 Å². The average molecular weight is 390 g/mol. The van der Waals surface area contributed by atoms with Crippen LogP contribution in [0.25, 0.3) is 5.69 Å². The van der Waals surface area contributed by atoms with Gasteiger partial charge in [-0.25, -0.2) is 9.67 Å². The van der Waals surface area contributed by atoms with Crippen LogP contribution < -0.4 is 5.32 Å². The van der Waals surface area contributed by atoms with Crippen LogP contribution in [0.5, 0.6) is 0 Å². The van der Waals surface area contributed by atoms with E-state index >= 15 is 0 Å². The molecule has 1 N–H and O–H groups in total. The Morgan fingerprint density at radius 2 is 2.07 bits per heavy atom. The number of anilines is 1. The number of aryl methyl sites for hydroxylation is 2. The molecule has 0 bridgehead atoms. The zero-order valence-electron chi connectivity index (χ0n) is 17.4. The van der Waals surface area contributed by atoms with Gasteiger partial charge in [-0.15, -0.1) is 5.10 Å². The average Bonchev–Trinajstić information content (AvgIpc) is 3.12. The summed E-state index contributed by atoms with van der Waals surface area (Å²) in [5.74, 6) is 0.537. The first kappa shape index (κ1) is 20.5. The normalized spacial score (nSPS) is 11.2. The van der Waals surface area contributed by atoms with Gasteiger partial charge in [-0.2, -0.15) is 0 Å². The van der Waals surface area contributed by atoms with Crippen molar-refractivity contribution >= 4 is 11.9 Å². The van der Waals surface area contributed by atoms with Gasteiger partial charge in [0.05, 0.1) is 24.2 Å². The minimum atomic E-state index is 0.537. The highest BCUT2D eigenvalue weighted by Crippen LogP contribution is 2.19. The van der Waals surface area contributed by atoms with Crippen LogP contribution in [0.15, 0.2) is 59.9 Å². The maximum Gasteiger partial charge on any atom is 0.127 e. The molecule has 6 heteroatoms. The van der Waals surface area contributed by atoms with E-state index in [0.29, 0.717) is 12.4 Å². The zero-order valence-corrected chi connectivity index (χ0v) is 17.4. The highest BCUT2D eigenvalue weighted by molar-refractivity contribution is 5.79. The maximum absolute atomic E-state index is 5.21. The molecule has 1 aromatic heterocycles. The molecule has 6 nitrogen and oxygen atoms in total. The van der Waals surface area contributed by atoms with Crippen LogP contribution in [0.2, 0.25) is 0 Å². The highest BCUT2D eigenvalue weighted by Gasteiger charge is 2.11. The van der Waals surface area contributed by atoms with Crippen molar-refractivity contribution in [2.75, 3.05) is 12.4 Å². The van der Waals surface area contributed by atoms with E-state index in [4.69, 9.17) is 4.74 Å². The van der Waals surface area contributed by atoms with Gasteiger partial charge in [0, 0.05) is 12.8 Å². The quantitative estimate of drug-likeness (QED) is 0.572. The van der Waals surface area contributed by atoms with Crippen molar-refractivity contribution < 1.29 is 4.74 Å². The predicted octanol–water partition coefficient (Wildman–Crippen LogP) is 4.60. The van der Waals surface area contributed by atoms with E-state index in [1.54, 1.807) is 13.3 Å². The number of aromatic nitrogens is 3.